The van der Waals surface area contributed by atoms with Gasteiger partial charge in [-0.1, -0.05) is 24.3 Å². The van der Waals surface area contributed by atoms with E-state index in [0.717, 1.165) is 11.4 Å². The van der Waals surface area contributed by atoms with Gasteiger partial charge in [0.25, 0.3) is 5.91 Å². The van der Waals surface area contributed by atoms with Crippen LogP contribution in [-0.4, -0.2) is 29.9 Å². The third-order valence-electron chi connectivity index (χ3n) is 3.69. The van der Waals surface area contributed by atoms with Crippen molar-refractivity contribution in [1.29, 1.82) is 0 Å². The molecule has 0 saturated carbocycles. The number of ether oxygens (including phenoxy) is 1. The van der Waals surface area contributed by atoms with Crippen LogP contribution in [0.2, 0.25) is 0 Å². The maximum atomic E-state index is 11.9. The van der Waals surface area contributed by atoms with Gasteiger partial charge in [0.15, 0.2) is 5.96 Å². The quantitative estimate of drug-likeness (QED) is 0.198. The van der Waals surface area contributed by atoms with Gasteiger partial charge in [0.05, 0.1) is 12.1 Å². The normalized spacial score (nSPS) is 10.6. The maximum absolute atomic E-state index is 11.9. The molecule has 0 saturated heterocycles. The highest BCUT2D eigenvalue weighted by molar-refractivity contribution is 14.0. The van der Waals surface area contributed by atoms with Crippen LogP contribution >= 0.6 is 24.0 Å². The van der Waals surface area contributed by atoms with E-state index in [1.54, 1.807) is 18.3 Å². The number of nitrogens with one attached hydrogen (secondary N) is 2. The Bertz CT molecular complexity index is 936. The lowest BCUT2D eigenvalue weighted by Gasteiger charge is -2.09. The number of amides is 1. The lowest BCUT2D eigenvalue weighted by molar-refractivity contribution is 0.0954. The number of hydrogen-bond acceptors (Lipinski definition) is 4. The standard InChI is InChI=1S/C21H21N5O2.HI/c22-21(25-13-12-24-20(27)16-6-5-11-23-15-16)26-17-7-4-10-19(14-17)28-18-8-2-1-3-9-18;/h1-11,14-15H,12-13H2,(H,24,27)(H3,22,25,26);1H. The van der Waals surface area contributed by atoms with Crippen LogP contribution in [0.1, 0.15) is 10.4 Å². The molecular weight excluding hydrogens is 481 g/mol. The zero-order valence-corrected chi connectivity index (χ0v) is 17.9. The largest absolute Gasteiger partial charge is 0.457 e. The Labute approximate surface area is 186 Å². The number of hydrogen-bond donors (Lipinski definition) is 3. The molecule has 7 nitrogen and oxygen atoms in total. The number of rotatable bonds is 7. The van der Waals surface area contributed by atoms with Gasteiger partial charge in [0.1, 0.15) is 11.5 Å². The van der Waals surface area contributed by atoms with Crippen LogP contribution in [0.5, 0.6) is 11.5 Å². The Morgan fingerprint density at radius 1 is 1.03 bits per heavy atom. The number of halogens is 1. The molecule has 1 amide bonds. The molecule has 150 valence electrons. The van der Waals surface area contributed by atoms with Crippen LogP contribution in [0.25, 0.3) is 0 Å². The minimum atomic E-state index is -0.194. The predicted molar refractivity (Wildman–Crippen MR) is 125 cm³/mol. The van der Waals surface area contributed by atoms with Crippen molar-refractivity contribution in [3.63, 3.8) is 0 Å². The lowest BCUT2D eigenvalue weighted by Crippen LogP contribution is -2.28. The number of para-hydroxylation sites is 1. The summed E-state index contributed by atoms with van der Waals surface area (Å²) < 4.78 is 5.79. The number of anilines is 1. The SMILES string of the molecule is I.NC(=NCCNC(=O)c1cccnc1)Nc1cccc(Oc2ccccc2)c1. The number of aliphatic imine (C=N–C) groups is 1. The first-order valence-corrected chi connectivity index (χ1v) is 8.79. The summed E-state index contributed by atoms with van der Waals surface area (Å²) in [6.45, 7) is 0.721. The summed E-state index contributed by atoms with van der Waals surface area (Å²) in [6, 6.07) is 20.4. The summed E-state index contributed by atoms with van der Waals surface area (Å²) in [5.41, 5.74) is 7.18. The minimum absolute atomic E-state index is 0. The lowest BCUT2D eigenvalue weighted by atomic mass is 10.3. The molecule has 1 aromatic heterocycles. The molecule has 0 radical (unpaired) electrons. The molecule has 1 heterocycles. The van der Waals surface area contributed by atoms with Gasteiger partial charge in [-0.05, 0) is 36.4 Å². The van der Waals surface area contributed by atoms with Crippen molar-refractivity contribution in [2.24, 2.45) is 10.7 Å². The molecule has 0 unspecified atom stereocenters. The van der Waals surface area contributed by atoms with Gasteiger partial charge in [0.2, 0.25) is 0 Å². The number of carbonyl (C=O) groups is 1. The van der Waals surface area contributed by atoms with Gasteiger partial charge in [-0.3, -0.25) is 14.8 Å². The summed E-state index contributed by atoms with van der Waals surface area (Å²) in [4.78, 5) is 20.0. The molecule has 4 N–H and O–H groups in total. The number of aromatic nitrogens is 1. The molecule has 3 aromatic rings. The fraction of sp³-hybridized carbons (Fsp3) is 0.0952. The van der Waals surface area contributed by atoms with Crippen LogP contribution in [0.15, 0.2) is 84.1 Å². The smallest absolute Gasteiger partial charge is 0.252 e. The number of guanidine groups is 1. The van der Waals surface area contributed by atoms with Gasteiger partial charge in [-0.15, -0.1) is 24.0 Å². The summed E-state index contributed by atoms with van der Waals surface area (Å²) in [5, 5.41) is 5.78. The average molecular weight is 503 g/mol. The average Bonchev–Trinajstić information content (AvgIpc) is 2.73. The minimum Gasteiger partial charge on any atom is -0.457 e. The molecule has 29 heavy (non-hydrogen) atoms. The van der Waals surface area contributed by atoms with Crippen LogP contribution in [0.4, 0.5) is 5.69 Å². The Kier molecular flexibility index (Phi) is 8.90. The van der Waals surface area contributed by atoms with Gasteiger partial charge in [-0.2, -0.15) is 0 Å². The fourth-order valence-electron chi connectivity index (χ4n) is 2.39. The van der Waals surface area contributed by atoms with E-state index in [1.807, 2.05) is 54.6 Å². The van der Waals surface area contributed by atoms with E-state index < -0.39 is 0 Å². The van der Waals surface area contributed by atoms with E-state index in [4.69, 9.17) is 10.5 Å². The monoisotopic (exact) mass is 503 g/mol. The first kappa shape index (κ1) is 22.2. The van der Waals surface area contributed by atoms with Gasteiger partial charge < -0.3 is 21.1 Å². The topological polar surface area (TPSA) is 102 Å². The summed E-state index contributed by atoms with van der Waals surface area (Å²) in [7, 11) is 0. The van der Waals surface area contributed by atoms with Crippen molar-refractivity contribution < 1.29 is 9.53 Å². The first-order valence-electron chi connectivity index (χ1n) is 8.79. The number of benzene rings is 2. The Morgan fingerprint density at radius 2 is 1.83 bits per heavy atom. The zero-order chi connectivity index (χ0) is 19.6. The molecule has 0 bridgehead atoms. The molecule has 3 rings (SSSR count). The number of nitrogens with two attached hydrogens (primary N) is 1. The molecule has 0 aliphatic rings. The third-order valence-corrected chi connectivity index (χ3v) is 3.69. The predicted octanol–water partition coefficient (Wildman–Crippen LogP) is 3.65. The van der Waals surface area contributed by atoms with E-state index in [0.29, 0.717) is 24.4 Å². The van der Waals surface area contributed by atoms with Gasteiger partial charge >= 0.3 is 0 Å². The molecular formula is C21H22IN5O2. The van der Waals surface area contributed by atoms with E-state index in [2.05, 4.69) is 20.6 Å². The molecule has 0 aliphatic heterocycles. The van der Waals surface area contributed by atoms with Crippen molar-refractivity contribution in [1.82, 2.24) is 10.3 Å². The Morgan fingerprint density at radius 3 is 2.59 bits per heavy atom. The van der Waals surface area contributed by atoms with Crippen molar-refractivity contribution in [3.8, 4) is 11.5 Å². The Hall–Kier alpha value is -3.14. The molecule has 8 heteroatoms. The van der Waals surface area contributed by atoms with Crippen molar-refractivity contribution in [2.45, 2.75) is 0 Å². The second kappa shape index (κ2) is 11.6. The van der Waals surface area contributed by atoms with Crippen molar-refractivity contribution in [2.75, 3.05) is 18.4 Å². The van der Waals surface area contributed by atoms with Gasteiger partial charge in [-0.25, -0.2) is 0 Å². The van der Waals surface area contributed by atoms with Crippen LogP contribution in [0, 0.1) is 0 Å². The van der Waals surface area contributed by atoms with Crippen LogP contribution < -0.4 is 21.1 Å². The number of nitrogens with zero attached hydrogens (tertiary/aromatic N) is 2. The number of pyridine rings is 1. The summed E-state index contributed by atoms with van der Waals surface area (Å²) >= 11 is 0. The zero-order valence-electron chi connectivity index (χ0n) is 15.6. The van der Waals surface area contributed by atoms with Crippen LogP contribution in [-0.2, 0) is 0 Å². The first-order chi connectivity index (χ1) is 13.7. The van der Waals surface area contributed by atoms with E-state index >= 15 is 0 Å². The summed E-state index contributed by atoms with van der Waals surface area (Å²) in [5.74, 6) is 1.51. The molecule has 0 aliphatic carbocycles. The highest BCUT2D eigenvalue weighted by Crippen LogP contribution is 2.23. The molecule has 0 fully saturated rings. The second-order valence-electron chi connectivity index (χ2n) is 5.83. The maximum Gasteiger partial charge on any atom is 0.252 e. The van der Waals surface area contributed by atoms with Gasteiger partial charge in [0, 0.05) is 30.7 Å². The Balaban J connectivity index is 0.00000300. The van der Waals surface area contributed by atoms with E-state index in [1.165, 1.54) is 6.20 Å². The summed E-state index contributed by atoms with van der Waals surface area (Å²) in [6.07, 6.45) is 3.13. The molecule has 0 atom stereocenters. The highest BCUT2D eigenvalue weighted by atomic mass is 127. The van der Waals surface area contributed by atoms with Crippen LogP contribution in [0.3, 0.4) is 0 Å². The fourth-order valence-corrected chi connectivity index (χ4v) is 2.39. The highest BCUT2D eigenvalue weighted by Gasteiger charge is 2.04. The molecule has 2 aromatic carbocycles. The second-order valence-corrected chi connectivity index (χ2v) is 5.83. The van der Waals surface area contributed by atoms with Crippen molar-refractivity contribution >= 4 is 41.5 Å². The van der Waals surface area contributed by atoms with Crippen molar-refractivity contribution in [3.05, 3.63) is 84.7 Å². The number of carbonyl (C=O) groups excluding carboxylic acids is 1. The van der Waals surface area contributed by atoms with E-state index in [9.17, 15) is 4.79 Å². The molecule has 0 spiro atoms. The van der Waals surface area contributed by atoms with E-state index in [-0.39, 0.29) is 35.8 Å². The third kappa shape index (κ3) is 7.41.